The van der Waals surface area contributed by atoms with Gasteiger partial charge in [0.2, 0.25) is 5.91 Å². The van der Waals surface area contributed by atoms with Crippen LogP contribution in [-0.4, -0.2) is 42.2 Å². The number of nitrogens with one attached hydrogen (secondary N) is 1. The average Bonchev–Trinajstić information content (AvgIpc) is 2.32. The molecule has 0 unspecified atom stereocenters. The van der Waals surface area contributed by atoms with Gasteiger partial charge in [-0.25, -0.2) is 0 Å². The normalized spacial score (nSPS) is 10.9. The lowest BCUT2D eigenvalue weighted by Crippen LogP contribution is -2.38. The molecule has 112 valence electrons. The molecule has 0 aromatic heterocycles. The van der Waals surface area contributed by atoms with Crippen LogP contribution >= 0.6 is 0 Å². The molecule has 5 nitrogen and oxygen atoms in total. The van der Waals surface area contributed by atoms with E-state index in [1.807, 2.05) is 38.8 Å². The van der Waals surface area contributed by atoms with E-state index in [1.165, 1.54) is 0 Å². The van der Waals surface area contributed by atoms with Gasteiger partial charge in [-0.05, 0) is 45.5 Å². The molecular formula is C15H24N2O3. The molecule has 1 aromatic rings. The van der Waals surface area contributed by atoms with Gasteiger partial charge in [-0.2, -0.15) is 0 Å². The van der Waals surface area contributed by atoms with Crippen LogP contribution in [0.15, 0.2) is 18.2 Å². The van der Waals surface area contributed by atoms with E-state index in [1.54, 1.807) is 12.1 Å². The van der Waals surface area contributed by atoms with Crippen LogP contribution < -0.4 is 10.1 Å². The van der Waals surface area contributed by atoms with E-state index in [4.69, 9.17) is 4.74 Å². The van der Waals surface area contributed by atoms with Crippen LogP contribution in [0.3, 0.4) is 0 Å². The van der Waals surface area contributed by atoms with Crippen molar-refractivity contribution < 1.29 is 14.6 Å². The van der Waals surface area contributed by atoms with E-state index in [0.29, 0.717) is 25.4 Å². The van der Waals surface area contributed by atoms with Crippen LogP contribution in [0.25, 0.3) is 0 Å². The number of aromatic hydroxyl groups is 1. The fourth-order valence-corrected chi connectivity index (χ4v) is 1.91. The van der Waals surface area contributed by atoms with Crippen molar-refractivity contribution in [2.45, 2.75) is 33.4 Å². The fourth-order valence-electron chi connectivity index (χ4n) is 1.91. The number of carbonyl (C=O) groups is 1. The second-order valence-electron chi connectivity index (χ2n) is 5.13. The van der Waals surface area contributed by atoms with Crippen LogP contribution in [-0.2, 0) is 11.3 Å². The summed E-state index contributed by atoms with van der Waals surface area (Å²) < 4.78 is 5.34. The van der Waals surface area contributed by atoms with Gasteiger partial charge < -0.3 is 15.2 Å². The van der Waals surface area contributed by atoms with Crippen LogP contribution in [0.4, 0.5) is 0 Å². The Morgan fingerprint density at radius 1 is 1.45 bits per heavy atom. The third-order valence-electron chi connectivity index (χ3n) is 2.64. The van der Waals surface area contributed by atoms with Gasteiger partial charge in [0, 0.05) is 12.6 Å². The number of benzene rings is 1. The topological polar surface area (TPSA) is 61.8 Å². The minimum Gasteiger partial charge on any atom is -0.504 e. The summed E-state index contributed by atoms with van der Waals surface area (Å²) in [5.41, 5.74) is 0.992. The smallest absolute Gasteiger partial charge is 0.234 e. The molecule has 0 aliphatic carbocycles. The van der Waals surface area contributed by atoms with Gasteiger partial charge in [-0.15, -0.1) is 0 Å². The Labute approximate surface area is 120 Å². The van der Waals surface area contributed by atoms with Crippen molar-refractivity contribution in [1.29, 1.82) is 0 Å². The van der Waals surface area contributed by atoms with E-state index < -0.39 is 0 Å². The minimum absolute atomic E-state index is 0.00584. The highest BCUT2D eigenvalue weighted by molar-refractivity contribution is 5.78. The summed E-state index contributed by atoms with van der Waals surface area (Å²) in [6, 6.07) is 5.39. The molecule has 0 heterocycles. The molecule has 0 fully saturated rings. The lowest BCUT2D eigenvalue weighted by atomic mass is 10.2. The molecule has 20 heavy (non-hydrogen) atoms. The van der Waals surface area contributed by atoms with Gasteiger partial charge in [-0.3, -0.25) is 9.69 Å². The maximum Gasteiger partial charge on any atom is 0.234 e. The Morgan fingerprint density at radius 3 is 2.75 bits per heavy atom. The molecular weight excluding hydrogens is 256 g/mol. The lowest BCUT2D eigenvalue weighted by Gasteiger charge is -2.18. The Balaban J connectivity index is 2.59. The first-order valence-corrected chi connectivity index (χ1v) is 6.85. The summed E-state index contributed by atoms with van der Waals surface area (Å²) in [5, 5.41) is 12.5. The van der Waals surface area contributed by atoms with Crippen molar-refractivity contribution in [3.8, 4) is 11.5 Å². The van der Waals surface area contributed by atoms with Gasteiger partial charge in [0.25, 0.3) is 0 Å². The van der Waals surface area contributed by atoms with E-state index in [2.05, 4.69) is 5.32 Å². The van der Waals surface area contributed by atoms with Gasteiger partial charge >= 0.3 is 0 Å². The molecule has 1 aromatic carbocycles. The molecule has 0 saturated heterocycles. The average molecular weight is 280 g/mol. The molecule has 0 aliphatic heterocycles. The van der Waals surface area contributed by atoms with Crippen LogP contribution in [0, 0.1) is 0 Å². The number of hydrogen-bond donors (Lipinski definition) is 2. The van der Waals surface area contributed by atoms with Crippen molar-refractivity contribution >= 4 is 5.91 Å². The molecule has 0 radical (unpaired) electrons. The minimum atomic E-state index is 0.00584. The van der Waals surface area contributed by atoms with E-state index in [0.717, 1.165) is 5.56 Å². The Bertz CT molecular complexity index is 447. The van der Waals surface area contributed by atoms with Crippen LogP contribution in [0.2, 0.25) is 0 Å². The monoisotopic (exact) mass is 280 g/mol. The Kier molecular flexibility index (Phi) is 6.31. The number of nitrogens with zero attached hydrogens (tertiary/aromatic N) is 1. The number of amides is 1. The Morgan fingerprint density at radius 2 is 2.15 bits per heavy atom. The first kappa shape index (κ1) is 16.3. The summed E-state index contributed by atoms with van der Waals surface area (Å²) in [6.07, 6.45) is 0. The summed E-state index contributed by atoms with van der Waals surface area (Å²) in [6.45, 7) is 7.20. The maximum absolute atomic E-state index is 11.7. The standard InChI is InChI=1S/C15H24N2O3/c1-5-20-14-8-12(6-7-13(14)18)9-17(4)10-15(19)16-11(2)3/h6-8,11,18H,5,9-10H2,1-4H3,(H,16,19). The van der Waals surface area contributed by atoms with Crippen molar-refractivity contribution in [2.75, 3.05) is 20.2 Å². The number of hydrogen-bond acceptors (Lipinski definition) is 4. The van der Waals surface area contributed by atoms with Crippen molar-refractivity contribution in [2.24, 2.45) is 0 Å². The molecule has 0 spiro atoms. The van der Waals surface area contributed by atoms with Gasteiger partial charge in [0.15, 0.2) is 11.5 Å². The zero-order valence-corrected chi connectivity index (χ0v) is 12.6. The van der Waals surface area contributed by atoms with Crippen molar-refractivity contribution in [3.05, 3.63) is 23.8 Å². The third-order valence-corrected chi connectivity index (χ3v) is 2.64. The van der Waals surface area contributed by atoms with E-state index in [9.17, 15) is 9.90 Å². The fraction of sp³-hybridized carbons (Fsp3) is 0.533. The number of ether oxygens (including phenoxy) is 1. The van der Waals surface area contributed by atoms with E-state index >= 15 is 0 Å². The SMILES string of the molecule is CCOc1cc(CN(C)CC(=O)NC(C)C)ccc1O. The molecule has 0 aliphatic rings. The number of phenolic OH excluding ortho intramolecular Hbond substituents is 1. The summed E-state index contributed by atoms with van der Waals surface area (Å²) >= 11 is 0. The van der Waals surface area contributed by atoms with Crippen molar-refractivity contribution in [3.63, 3.8) is 0 Å². The summed E-state index contributed by atoms with van der Waals surface area (Å²) in [7, 11) is 1.88. The molecule has 0 atom stereocenters. The largest absolute Gasteiger partial charge is 0.504 e. The highest BCUT2D eigenvalue weighted by Crippen LogP contribution is 2.27. The number of likely N-dealkylation sites (N-methyl/N-ethyl adjacent to an activating group) is 1. The first-order chi connectivity index (χ1) is 9.42. The molecule has 2 N–H and O–H groups in total. The van der Waals surface area contributed by atoms with Crippen LogP contribution in [0.5, 0.6) is 11.5 Å². The van der Waals surface area contributed by atoms with Gasteiger partial charge in [-0.1, -0.05) is 6.07 Å². The number of phenols is 1. The molecule has 1 rings (SSSR count). The molecule has 5 heteroatoms. The maximum atomic E-state index is 11.7. The van der Waals surface area contributed by atoms with Gasteiger partial charge in [0.1, 0.15) is 0 Å². The Hall–Kier alpha value is -1.75. The highest BCUT2D eigenvalue weighted by Gasteiger charge is 2.10. The second-order valence-corrected chi connectivity index (χ2v) is 5.13. The predicted octanol–water partition coefficient (Wildman–Crippen LogP) is 1.75. The predicted molar refractivity (Wildman–Crippen MR) is 78.9 cm³/mol. The number of rotatable bonds is 7. The highest BCUT2D eigenvalue weighted by atomic mass is 16.5. The quantitative estimate of drug-likeness (QED) is 0.799. The number of carbonyl (C=O) groups excluding carboxylic acids is 1. The molecule has 1 amide bonds. The summed E-state index contributed by atoms with van der Waals surface area (Å²) in [4.78, 5) is 13.6. The van der Waals surface area contributed by atoms with Crippen LogP contribution in [0.1, 0.15) is 26.3 Å². The van der Waals surface area contributed by atoms with Crippen molar-refractivity contribution in [1.82, 2.24) is 10.2 Å². The molecule has 0 bridgehead atoms. The zero-order valence-electron chi connectivity index (χ0n) is 12.6. The van der Waals surface area contributed by atoms with Gasteiger partial charge in [0.05, 0.1) is 13.2 Å². The first-order valence-electron chi connectivity index (χ1n) is 6.85. The van der Waals surface area contributed by atoms with E-state index in [-0.39, 0.29) is 17.7 Å². The zero-order chi connectivity index (χ0) is 15.1. The molecule has 0 saturated carbocycles. The third kappa shape index (κ3) is 5.48. The second kappa shape index (κ2) is 7.75. The lowest BCUT2D eigenvalue weighted by molar-refractivity contribution is -0.122. The summed E-state index contributed by atoms with van der Waals surface area (Å²) in [5.74, 6) is 0.618.